The van der Waals surface area contributed by atoms with Crippen molar-refractivity contribution in [2.45, 2.75) is 26.2 Å². The van der Waals surface area contributed by atoms with Crippen LogP contribution in [-0.2, 0) is 5.41 Å². The molecule has 2 aromatic rings. The van der Waals surface area contributed by atoms with E-state index >= 15 is 0 Å². The molecule has 0 fully saturated rings. The van der Waals surface area contributed by atoms with Crippen molar-refractivity contribution in [3.8, 4) is 11.5 Å². The molecule has 0 unspecified atom stereocenters. The molecule has 0 saturated carbocycles. The summed E-state index contributed by atoms with van der Waals surface area (Å²) in [6, 6.07) is 5.26. The van der Waals surface area contributed by atoms with Gasteiger partial charge in [-0.05, 0) is 34.7 Å². The number of aromatic nitrogens is 2. The average molecular weight is 429 g/mol. The van der Waals surface area contributed by atoms with Crippen LogP contribution in [0.3, 0.4) is 0 Å². The summed E-state index contributed by atoms with van der Waals surface area (Å²) in [5.41, 5.74) is 1.40. The summed E-state index contributed by atoms with van der Waals surface area (Å²) in [5.74, 6) is 1.34. The quantitative estimate of drug-likeness (QED) is 0.729. The highest BCUT2D eigenvalue weighted by molar-refractivity contribution is 14.1. The summed E-state index contributed by atoms with van der Waals surface area (Å²) in [4.78, 5) is 12.5. The maximum Gasteiger partial charge on any atom is 0.258 e. The fourth-order valence-electron chi connectivity index (χ4n) is 1.98. The van der Waals surface area contributed by atoms with E-state index in [0.29, 0.717) is 22.9 Å². The van der Waals surface area contributed by atoms with Crippen molar-refractivity contribution in [2.75, 3.05) is 19.5 Å². The van der Waals surface area contributed by atoms with E-state index in [1.807, 2.05) is 6.07 Å². The van der Waals surface area contributed by atoms with Crippen LogP contribution in [-0.4, -0.2) is 30.3 Å². The molecule has 1 heterocycles. The van der Waals surface area contributed by atoms with Crippen molar-refractivity contribution < 1.29 is 14.3 Å². The van der Waals surface area contributed by atoms with Gasteiger partial charge >= 0.3 is 0 Å². The average Bonchev–Trinajstić information content (AvgIpc) is 2.95. The Labute approximate surface area is 149 Å². The fraction of sp³-hybridized carbons (Fsp3) is 0.375. The molecular weight excluding hydrogens is 409 g/mol. The van der Waals surface area contributed by atoms with E-state index in [1.54, 1.807) is 19.2 Å². The molecule has 2 rings (SSSR count). The number of benzene rings is 1. The number of nitrogens with one attached hydrogen (secondary N) is 2. The first-order chi connectivity index (χ1) is 10.8. The molecule has 0 aliphatic heterocycles. The number of hydrogen-bond donors (Lipinski definition) is 2. The van der Waals surface area contributed by atoms with Crippen LogP contribution < -0.4 is 14.8 Å². The monoisotopic (exact) mass is 429 g/mol. The topological polar surface area (TPSA) is 76.2 Å². The van der Waals surface area contributed by atoms with Gasteiger partial charge in [-0.2, -0.15) is 5.10 Å². The Kier molecular flexibility index (Phi) is 5.18. The smallest absolute Gasteiger partial charge is 0.258 e. The van der Waals surface area contributed by atoms with Crippen molar-refractivity contribution in [3.05, 3.63) is 33.0 Å². The van der Waals surface area contributed by atoms with Gasteiger partial charge in [0.2, 0.25) is 0 Å². The number of carbonyl (C=O) groups excluding carboxylic acids is 1. The SMILES string of the molecule is COc1cc(I)c(C(=O)Nc2cc(C(C)(C)C)[nH]n2)cc1OC. The summed E-state index contributed by atoms with van der Waals surface area (Å²) < 4.78 is 11.3. The second-order valence-corrected chi connectivity index (χ2v) is 7.22. The van der Waals surface area contributed by atoms with Gasteiger partial charge in [0.15, 0.2) is 17.3 Å². The number of nitrogens with zero attached hydrogens (tertiary/aromatic N) is 1. The first-order valence-corrected chi connectivity index (χ1v) is 8.13. The van der Waals surface area contributed by atoms with Gasteiger partial charge in [0.1, 0.15) is 0 Å². The maximum atomic E-state index is 12.5. The lowest BCUT2D eigenvalue weighted by molar-refractivity contribution is 0.102. The molecule has 2 N–H and O–H groups in total. The molecular formula is C16H20IN3O3. The van der Waals surface area contributed by atoms with Crippen LogP contribution in [0.1, 0.15) is 36.8 Å². The third kappa shape index (κ3) is 3.95. The molecule has 0 atom stereocenters. The molecule has 0 saturated heterocycles. The largest absolute Gasteiger partial charge is 0.493 e. The number of rotatable bonds is 4. The lowest BCUT2D eigenvalue weighted by Crippen LogP contribution is -2.14. The molecule has 7 heteroatoms. The van der Waals surface area contributed by atoms with Crippen molar-refractivity contribution in [2.24, 2.45) is 0 Å². The van der Waals surface area contributed by atoms with Crippen LogP contribution in [0, 0.1) is 3.57 Å². The summed E-state index contributed by atoms with van der Waals surface area (Å²) in [6.07, 6.45) is 0. The molecule has 0 radical (unpaired) electrons. The van der Waals surface area contributed by atoms with E-state index in [-0.39, 0.29) is 11.3 Å². The second kappa shape index (κ2) is 6.77. The number of methoxy groups -OCH3 is 2. The summed E-state index contributed by atoms with van der Waals surface area (Å²) in [7, 11) is 3.10. The van der Waals surface area contributed by atoms with Gasteiger partial charge in [0, 0.05) is 20.7 Å². The van der Waals surface area contributed by atoms with Crippen LogP contribution in [0.2, 0.25) is 0 Å². The third-order valence-electron chi connectivity index (χ3n) is 3.35. The maximum absolute atomic E-state index is 12.5. The van der Waals surface area contributed by atoms with Gasteiger partial charge in [-0.25, -0.2) is 0 Å². The number of aromatic amines is 1. The van der Waals surface area contributed by atoms with E-state index in [1.165, 1.54) is 7.11 Å². The van der Waals surface area contributed by atoms with Gasteiger partial charge in [0.25, 0.3) is 5.91 Å². The number of amides is 1. The van der Waals surface area contributed by atoms with E-state index in [9.17, 15) is 4.79 Å². The molecule has 1 amide bonds. The van der Waals surface area contributed by atoms with Gasteiger partial charge in [-0.1, -0.05) is 20.8 Å². The van der Waals surface area contributed by atoms with E-state index < -0.39 is 0 Å². The minimum absolute atomic E-state index is 0.0618. The molecule has 0 aliphatic rings. The standard InChI is InChI=1S/C16H20IN3O3/c1-16(2,3)13-8-14(20-19-13)18-15(21)9-6-11(22-4)12(23-5)7-10(9)17/h6-8H,1-5H3,(H2,18,19,20,21). The second-order valence-electron chi connectivity index (χ2n) is 6.06. The van der Waals surface area contributed by atoms with Crippen molar-refractivity contribution in [1.29, 1.82) is 0 Å². The number of H-pyrrole nitrogens is 1. The first kappa shape index (κ1) is 17.6. The molecule has 0 spiro atoms. The summed E-state index contributed by atoms with van der Waals surface area (Å²) >= 11 is 2.09. The predicted octanol–water partition coefficient (Wildman–Crippen LogP) is 3.58. The molecule has 0 aliphatic carbocycles. The van der Waals surface area contributed by atoms with Crippen LogP contribution in [0.15, 0.2) is 18.2 Å². The van der Waals surface area contributed by atoms with E-state index in [4.69, 9.17) is 9.47 Å². The Morgan fingerprint density at radius 3 is 2.30 bits per heavy atom. The Morgan fingerprint density at radius 1 is 1.17 bits per heavy atom. The predicted molar refractivity (Wildman–Crippen MR) is 97.5 cm³/mol. The molecule has 1 aromatic carbocycles. The fourth-order valence-corrected chi connectivity index (χ4v) is 2.67. The highest BCUT2D eigenvalue weighted by Crippen LogP contribution is 2.31. The Hall–Kier alpha value is -1.77. The van der Waals surface area contributed by atoms with Gasteiger partial charge in [-0.3, -0.25) is 9.89 Å². The highest BCUT2D eigenvalue weighted by Gasteiger charge is 2.19. The molecule has 124 valence electrons. The zero-order valence-electron chi connectivity index (χ0n) is 13.8. The minimum Gasteiger partial charge on any atom is -0.493 e. The van der Waals surface area contributed by atoms with Crippen LogP contribution in [0.5, 0.6) is 11.5 Å². The number of ether oxygens (including phenoxy) is 2. The van der Waals surface area contributed by atoms with Crippen molar-refractivity contribution in [1.82, 2.24) is 10.2 Å². The Balaban J connectivity index is 2.26. The highest BCUT2D eigenvalue weighted by atomic mass is 127. The molecule has 23 heavy (non-hydrogen) atoms. The van der Waals surface area contributed by atoms with Crippen LogP contribution in [0.4, 0.5) is 5.82 Å². The van der Waals surface area contributed by atoms with E-state index in [0.717, 1.165) is 9.26 Å². The van der Waals surface area contributed by atoms with Gasteiger partial charge < -0.3 is 14.8 Å². The van der Waals surface area contributed by atoms with Crippen molar-refractivity contribution >= 4 is 34.3 Å². The molecule has 1 aromatic heterocycles. The van der Waals surface area contributed by atoms with Crippen molar-refractivity contribution in [3.63, 3.8) is 0 Å². The Bertz CT molecular complexity index is 720. The van der Waals surface area contributed by atoms with Gasteiger partial charge in [0.05, 0.1) is 19.8 Å². The number of halogens is 1. The van der Waals surface area contributed by atoms with E-state index in [2.05, 4.69) is 58.9 Å². The Morgan fingerprint density at radius 2 is 1.78 bits per heavy atom. The van der Waals surface area contributed by atoms with Crippen LogP contribution >= 0.6 is 22.6 Å². The number of carbonyl (C=O) groups is 1. The number of anilines is 1. The third-order valence-corrected chi connectivity index (χ3v) is 4.24. The summed E-state index contributed by atoms with van der Waals surface area (Å²) in [6.45, 7) is 6.22. The zero-order chi connectivity index (χ0) is 17.2. The normalized spacial score (nSPS) is 11.2. The lowest BCUT2D eigenvalue weighted by Gasteiger charge is -2.14. The first-order valence-electron chi connectivity index (χ1n) is 7.05. The molecule has 6 nitrogen and oxygen atoms in total. The molecule has 0 bridgehead atoms. The summed E-state index contributed by atoms with van der Waals surface area (Å²) in [5, 5.41) is 9.88. The minimum atomic E-state index is -0.248. The van der Waals surface area contributed by atoms with Gasteiger partial charge in [-0.15, -0.1) is 0 Å². The van der Waals surface area contributed by atoms with Crippen LogP contribution in [0.25, 0.3) is 0 Å². The lowest BCUT2D eigenvalue weighted by atomic mass is 9.92. The zero-order valence-corrected chi connectivity index (χ0v) is 15.9. The number of hydrogen-bond acceptors (Lipinski definition) is 4.